The zero-order valence-corrected chi connectivity index (χ0v) is 14.7. The SMILES string of the molecule is CCC(O)CN1CCN(c2ccc([N+](=O)[O-])cc2S(C)(=O)=O)CC1. The summed E-state index contributed by atoms with van der Waals surface area (Å²) in [5.41, 5.74) is 0.266. The average molecular weight is 357 g/mol. The lowest BCUT2D eigenvalue weighted by Crippen LogP contribution is -2.48. The summed E-state index contributed by atoms with van der Waals surface area (Å²) in [5, 5.41) is 20.6. The molecule has 1 aliphatic heterocycles. The van der Waals surface area contributed by atoms with Crippen LogP contribution in [0.1, 0.15) is 13.3 Å². The number of anilines is 1. The van der Waals surface area contributed by atoms with Crippen molar-refractivity contribution in [2.24, 2.45) is 0 Å². The fourth-order valence-corrected chi connectivity index (χ4v) is 3.68. The predicted octanol–water partition coefficient (Wildman–Crippen LogP) is 0.891. The zero-order chi connectivity index (χ0) is 17.9. The average Bonchev–Trinajstić information content (AvgIpc) is 2.54. The van der Waals surface area contributed by atoms with Gasteiger partial charge in [0.1, 0.15) is 0 Å². The molecule has 1 unspecified atom stereocenters. The van der Waals surface area contributed by atoms with Gasteiger partial charge in [-0.25, -0.2) is 8.42 Å². The smallest absolute Gasteiger partial charge is 0.270 e. The molecule has 1 aromatic rings. The molecule has 8 nitrogen and oxygen atoms in total. The minimum Gasteiger partial charge on any atom is -0.392 e. The molecule has 0 bridgehead atoms. The highest BCUT2D eigenvalue weighted by molar-refractivity contribution is 7.90. The number of hydrogen-bond acceptors (Lipinski definition) is 7. The van der Waals surface area contributed by atoms with Crippen LogP contribution in [0, 0.1) is 10.1 Å². The molecule has 0 radical (unpaired) electrons. The Morgan fingerprint density at radius 1 is 1.29 bits per heavy atom. The number of piperazine rings is 1. The molecular weight excluding hydrogens is 334 g/mol. The topological polar surface area (TPSA) is 104 Å². The van der Waals surface area contributed by atoms with Gasteiger partial charge in [0.15, 0.2) is 9.84 Å². The van der Waals surface area contributed by atoms with E-state index in [-0.39, 0.29) is 16.7 Å². The van der Waals surface area contributed by atoms with Crippen LogP contribution in [0.15, 0.2) is 23.1 Å². The number of β-amino-alcohol motifs (C(OH)–C–C–N with tert-alkyl or cyclic N) is 1. The van der Waals surface area contributed by atoms with Crippen LogP contribution in [0.3, 0.4) is 0 Å². The van der Waals surface area contributed by atoms with Crippen molar-refractivity contribution in [3.63, 3.8) is 0 Å². The lowest BCUT2D eigenvalue weighted by atomic mass is 10.2. The highest BCUT2D eigenvalue weighted by atomic mass is 32.2. The standard InChI is InChI=1S/C15H23N3O5S/c1-3-13(19)11-16-6-8-17(9-7-16)14-5-4-12(18(20)21)10-15(14)24(2,22)23/h4-5,10,13,19H,3,6-9,11H2,1-2H3. The highest BCUT2D eigenvalue weighted by Gasteiger charge is 2.25. The molecule has 1 saturated heterocycles. The fourth-order valence-electron chi connectivity index (χ4n) is 2.77. The van der Waals surface area contributed by atoms with Gasteiger partial charge in [0.25, 0.3) is 5.69 Å². The van der Waals surface area contributed by atoms with Gasteiger partial charge < -0.3 is 10.0 Å². The van der Waals surface area contributed by atoms with Gasteiger partial charge in [-0.05, 0) is 12.5 Å². The molecule has 1 aliphatic rings. The largest absolute Gasteiger partial charge is 0.392 e. The Morgan fingerprint density at radius 3 is 2.42 bits per heavy atom. The fraction of sp³-hybridized carbons (Fsp3) is 0.600. The van der Waals surface area contributed by atoms with Crippen LogP contribution in [0.5, 0.6) is 0 Å². The van der Waals surface area contributed by atoms with Crippen LogP contribution in [0.4, 0.5) is 11.4 Å². The van der Waals surface area contributed by atoms with E-state index in [1.54, 1.807) is 0 Å². The number of nitrogens with zero attached hydrogens (tertiary/aromatic N) is 3. The van der Waals surface area contributed by atoms with E-state index in [1.165, 1.54) is 12.1 Å². The number of nitro benzene ring substituents is 1. The molecule has 24 heavy (non-hydrogen) atoms. The van der Waals surface area contributed by atoms with Crippen molar-refractivity contribution in [1.82, 2.24) is 4.90 Å². The van der Waals surface area contributed by atoms with Crippen LogP contribution in [0.2, 0.25) is 0 Å². The Labute approximate surface area is 141 Å². The van der Waals surface area contributed by atoms with Crippen molar-refractivity contribution in [1.29, 1.82) is 0 Å². The first-order valence-electron chi connectivity index (χ1n) is 7.86. The number of hydrogen-bond donors (Lipinski definition) is 1. The number of benzene rings is 1. The van der Waals surface area contributed by atoms with E-state index in [9.17, 15) is 23.6 Å². The summed E-state index contributed by atoms with van der Waals surface area (Å²) >= 11 is 0. The van der Waals surface area contributed by atoms with Gasteiger partial charge in [-0.2, -0.15) is 0 Å². The van der Waals surface area contributed by atoms with Crippen LogP contribution in [-0.4, -0.2) is 68.4 Å². The second-order valence-corrected chi connectivity index (χ2v) is 8.02. The van der Waals surface area contributed by atoms with Gasteiger partial charge in [-0.15, -0.1) is 0 Å². The molecule has 1 fully saturated rings. The van der Waals surface area contributed by atoms with Crippen molar-refractivity contribution in [2.45, 2.75) is 24.3 Å². The van der Waals surface area contributed by atoms with E-state index in [2.05, 4.69) is 4.90 Å². The predicted molar refractivity (Wildman–Crippen MR) is 91.2 cm³/mol. The van der Waals surface area contributed by atoms with Gasteiger partial charge in [0, 0.05) is 51.1 Å². The van der Waals surface area contributed by atoms with E-state index >= 15 is 0 Å². The summed E-state index contributed by atoms with van der Waals surface area (Å²) < 4.78 is 24.1. The molecule has 0 spiro atoms. The van der Waals surface area contributed by atoms with Crippen LogP contribution < -0.4 is 4.90 Å². The summed E-state index contributed by atoms with van der Waals surface area (Å²) in [5.74, 6) is 0. The summed E-state index contributed by atoms with van der Waals surface area (Å²) in [6, 6.07) is 3.96. The molecular formula is C15H23N3O5S. The summed E-state index contributed by atoms with van der Waals surface area (Å²) in [6.45, 7) is 5.15. The van der Waals surface area contributed by atoms with Crippen molar-refractivity contribution in [2.75, 3.05) is 43.9 Å². The maximum Gasteiger partial charge on any atom is 0.270 e. The molecule has 9 heteroatoms. The van der Waals surface area contributed by atoms with E-state index < -0.39 is 14.8 Å². The van der Waals surface area contributed by atoms with Crippen molar-refractivity contribution >= 4 is 21.2 Å². The number of aliphatic hydroxyl groups excluding tert-OH is 1. The quantitative estimate of drug-likeness (QED) is 0.595. The van der Waals surface area contributed by atoms with E-state index in [0.717, 1.165) is 12.3 Å². The Balaban J connectivity index is 2.20. The molecule has 0 aliphatic carbocycles. The minimum atomic E-state index is -3.58. The van der Waals surface area contributed by atoms with Crippen LogP contribution >= 0.6 is 0 Å². The van der Waals surface area contributed by atoms with Crippen molar-refractivity contribution < 1.29 is 18.4 Å². The van der Waals surface area contributed by atoms with Gasteiger partial charge in [-0.3, -0.25) is 15.0 Å². The highest BCUT2D eigenvalue weighted by Crippen LogP contribution is 2.30. The summed E-state index contributed by atoms with van der Waals surface area (Å²) in [6.07, 6.45) is 1.40. The van der Waals surface area contributed by atoms with E-state index in [0.29, 0.717) is 44.8 Å². The number of nitro groups is 1. The second-order valence-electron chi connectivity index (χ2n) is 6.03. The first-order valence-corrected chi connectivity index (χ1v) is 9.75. The lowest BCUT2D eigenvalue weighted by molar-refractivity contribution is -0.385. The first kappa shape index (κ1) is 18.6. The monoisotopic (exact) mass is 357 g/mol. The normalized spacial score (nSPS) is 17.7. The van der Waals surface area contributed by atoms with Crippen LogP contribution in [0.25, 0.3) is 0 Å². The molecule has 2 rings (SSSR count). The maximum atomic E-state index is 12.0. The lowest BCUT2D eigenvalue weighted by Gasteiger charge is -2.37. The third-order valence-corrected chi connectivity index (χ3v) is 5.33. The van der Waals surface area contributed by atoms with Gasteiger partial charge in [0.05, 0.1) is 21.6 Å². The summed E-state index contributed by atoms with van der Waals surface area (Å²) in [7, 11) is -3.58. The molecule has 134 valence electrons. The molecule has 1 heterocycles. The van der Waals surface area contributed by atoms with Crippen molar-refractivity contribution in [3.8, 4) is 0 Å². The van der Waals surface area contributed by atoms with Gasteiger partial charge in [0.2, 0.25) is 0 Å². The number of sulfone groups is 1. The maximum absolute atomic E-state index is 12.0. The molecule has 0 amide bonds. The third kappa shape index (κ3) is 4.43. The Bertz CT molecular complexity index is 699. The van der Waals surface area contributed by atoms with Crippen molar-refractivity contribution in [3.05, 3.63) is 28.3 Å². The van der Waals surface area contributed by atoms with Gasteiger partial charge in [-0.1, -0.05) is 6.92 Å². The number of non-ortho nitro benzene ring substituents is 1. The Kier molecular flexibility index (Phi) is 5.79. The second kappa shape index (κ2) is 7.45. The zero-order valence-electron chi connectivity index (χ0n) is 13.9. The number of aliphatic hydroxyl groups is 1. The molecule has 0 saturated carbocycles. The Morgan fingerprint density at radius 2 is 1.92 bits per heavy atom. The molecule has 1 N–H and O–H groups in total. The Hall–Kier alpha value is -1.71. The van der Waals surface area contributed by atoms with Gasteiger partial charge >= 0.3 is 0 Å². The molecule has 1 aromatic carbocycles. The van der Waals surface area contributed by atoms with E-state index in [4.69, 9.17) is 0 Å². The van der Waals surface area contributed by atoms with Crippen LogP contribution in [-0.2, 0) is 9.84 Å². The number of rotatable bonds is 6. The third-order valence-electron chi connectivity index (χ3n) is 4.21. The van der Waals surface area contributed by atoms with E-state index in [1.807, 2.05) is 11.8 Å². The molecule has 1 atom stereocenters. The summed E-state index contributed by atoms with van der Waals surface area (Å²) in [4.78, 5) is 14.4. The minimum absolute atomic E-state index is 0.0151. The first-order chi connectivity index (χ1) is 11.2. The molecule has 0 aromatic heterocycles.